The van der Waals surface area contributed by atoms with Gasteiger partial charge in [-0.25, -0.2) is 9.78 Å². The first kappa shape index (κ1) is 40.4. The maximum absolute atomic E-state index is 13.3. The number of ether oxygens (including phenoxy) is 1. The lowest BCUT2D eigenvalue weighted by molar-refractivity contribution is -0.136. The number of nitrogens with zero attached hydrogens (tertiary/aromatic N) is 8. The third-order valence-corrected chi connectivity index (χ3v) is 12.7. The van der Waals surface area contributed by atoms with Crippen LogP contribution in [0.25, 0.3) is 0 Å². The SMILES string of the molecule is CCOC(=O)c1cnc(Nc2cnn(C)c2)nc1NC1CCC(N2CCN(CCCC3CCN(c4ccc5c(c4)C(=O)N(C4CCC(=O)NC4=O)C5=O)CC3)CC2)CC1. The number of imide groups is 2. The molecule has 1 saturated carbocycles. The van der Waals surface area contributed by atoms with E-state index in [1.54, 1.807) is 29.9 Å². The van der Waals surface area contributed by atoms with E-state index in [-0.39, 0.29) is 31.4 Å². The van der Waals surface area contributed by atoms with Crippen LogP contribution in [0.3, 0.4) is 0 Å². The molecule has 8 rings (SSSR count). The molecule has 0 bridgehead atoms. The second-order valence-corrected chi connectivity index (χ2v) is 16.5. The van der Waals surface area contributed by atoms with Crippen molar-refractivity contribution in [2.75, 3.05) is 68.0 Å². The summed E-state index contributed by atoms with van der Waals surface area (Å²) in [7, 11) is 1.84. The third kappa shape index (κ3) is 9.10. The zero-order valence-electron chi connectivity index (χ0n) is 34.0. The van der Waals surface area contributed by atoms with E-state index in [0.717, 1.165) is 101 Å². The zero-order valence-corrected chi connectivity index (χ0v) is 34.0. The smallest absolute Gasteiger partial charge is 0.343 e. The summed E-state index contributed by atoms with van der Waals surface area (Å²) in [5.41, 5.74) is 2.67. The summed E-state index contributed by atoms with van der Waals surface area (Å²) in [6.45, 7) is 9.34. The molecule has 314 valence electrons. The molecule has 1 aromatic carbocycles. The molecule has 0 radical (unpaired) electrons. The summed E-state index contributed by atoms with van der Waals surface area (Å²) in [5, 5.41) is 13.2. The molecule has 17 nitrogen and oxygen atoms in total. The van der Waals surface area contributed by atoms with Crippen LogP contribution in [0.15, 0.2) is 36.8 Å². The molecule has 4 fully saturated rings. The average molecular weight is 810 g/mol. The fourth-order valence-electron chi connectivity index (χ4n) is 9.40. The lowest BCUT2D eigenvalue weighted by Gasteiger charge is -2.42. The fourth-order valence-corrected chi connectivity index (χ4v) is 9.40. The highest BCUT2D eigenvalue weighted by Gasteiger charge is 2.45. The first-order chi connectivity index (χ1) is 28.6. The van der Waals surface area contributed by atoms with E-state index in [4.69, 9.17) is 4.74 Å². The van der Waals surface area contributed by atoms with Crippen LogP contribution in [-0.2, 0) is 21.4 Å². The van der Waals surface area contributed by atoms with Crippen molar-refractivity contribution in [3.63, 3.8) is 0 Å². The average Bonchev–Trinajstić information content (AvgIpc) is 3.76. The van der Waals surface area contributed by atoms with Crippen molar-refractivity contribution in [3.8, 4) is 0 Å². The number of amides is 4. The zero-order chi connectivity index (χ0) is 41.0. The first-order valence-corrected chi connectivity index (χ1v) is 21.3. The Labute approximate surface area is 344 Å². The van der Waals surface area contributed by atoms with Crippen molar-refractivity contribution < 1.29 is 28.7 Å². The number of nitrogens with one attached hydrogen (secondary N) is 3. The van der Waals surface area contributed by atoms with Gasteiger partial charge in [-0.05, 0) is 95.4 Å². The molecule has 1 aliphatic carbocycles. The molecule has 4 aliphatic heterocycles. The highest BCUT2D eigenvalue weighted by molar-refractivity contribution is 6.23. The number of hydrogen-bond acceptors (Lipinski definition) is 14. The number of piperidine rings is 2. The van der Waals surface area contributed by atoms with Gasteiger partial charge in [0.1, 0.15) is 17.4 Å². The summed E-state index contributed by atoms with van der Waals surface area (Å²) in [6, 6.07) is 5.22. The summed E-state index contributed by atoms with van der Waals surface area (Å²) in [5.74, 6) is -0.805. The standard InChI is InChI=1S/C42H55N11O6/c1-3-59-41(58)34-25-43-42(46-29-24-44-49(2)26-29)48-37(34)45-28-6-8-30(9-7-28)52-21-19-50(20-22-52)16-4-5-27-14-17-51(18-15-27)31-10-11-32-33(23-31)40(57)53(39(32)56)35-12-13-36(54)47-38(35)55/h10-11,23-28,30,35H,3-9,12-22H2,1-2H3,(H,47,54,55)(H2,43,45,46,48). The van der Waals surface area contributed by atoms with E-state index >= 15 is 0 Å². The summed E-state index contributed by atoms with van der Waals surface area (Å²) >= 11 is 0. The minimum absolute atomic E-state index is 0.104. The number of esters is 1. The number of carbonyl (C=O) groups excluding carboxylic acids is 5. The number of carbonyl (C=O) groups is 5. The second-order valence-electron chi connectivity index (χ2n) is 16.5. The number of fused-ring (bicyclic) bond motifs is 1. The molecule has 3 N–H and O–H groups in total. The first-order valence-electron chi connectivity index (χ1n) is 21.3. The van der Waals surface area contributed by atoms with Crippen LogP contribution < -0.4 is 20.9 Å². The Hall–Kier alpha value is -5.42. The quantitative estimate of drug-likeness (QED) is 0.168. The van der Waals surface area contributed by atoms with Crippen LogP contribution in [0.5, 0.6) is 0 Å². The Morgan fingerprint density at radius 1 is 0.915 bits per heavy atom. The maximum Gasteiger partial charge on any atom is 0.343 e. The molecule has 3 saturated heterocycles. The summed E-state index contributed by atoms with van der Waals surface area (Å²) in [4.78, 5) is 80.9. The van der Waals surface area contributed by atoms with Gasteiger partial charge in [0.2, 0.25) is 17.8 Å². The topological polar surface area (TPSA) is 187 Å². The van der Waals surface area contributed by atoms with Gasteiger partial charge in [0, 0.05) is 82.9 Å². The van der Waals surface area contributed by atoms with Crippen LogP contribution in [-0.4, -0.2) is 135 Å². The van der Waals surface area contributed by atoms with E-state index in [9.17, 15) is 24.0 Å². The molecule has 59 heavy (non-hydrogen) atoms. The number of aromatic nitrogens is 4. The van der Waals surface area contributed by atoms with Crippen molar-refractivity contribution >= 4 is 52.7 Å². The number of piperazine rings is 1. The van der Waals surface area contributed by atoms with Crippen molar-refractivity contribution in [3.05, 3.63) is 53.5 Å². The number of benzene rings is 1. The molecular weight excluding hydrogens is 755 g/mol. The normalized spacial score (nSPS) is 23.3. The molecular formula is C42H55N11O6. The van der Waals surface area contributed by atoms with Gasteiger partial charge in [0.15, 0.2) is 0 Å². The minimum atomic E-state index is -0.957. The fraction of sp³-hybridized carbons (Fsp3) is 0.571. The number of anilines is 4. The van der Waals surface area contributed by atoms with Crippen molar-refractivity contribution in [2.45, 2.75) is 89.3 Å². The Bertz CT molecular complexity index is 2050. The van der Waals surface area contributed by atoms with Gasteiger partial charge in [0.05, 0.1) is 29.6 Å². The molecule has 3 aromatic rings. The lowest BCUT2D eigenvalue weighted by atomic mass is 9.89. The monoisotopic (exact) mass is 809 g/mol. The Morgan fingerprint density at radius 3 is 2.39 bits per heavy atom. The van der Waals surface area contributed by atoms with Gasteiger partial charge in [-0.3, -0.25) is 39.0 Å². The van der Waals surface area contributed by atoms with Gasteiger partial charge >= 0.3 is 5.97 Å². The predicted octanol–water partition coefficient (Wildman–Crippen LogP) is 3.57. The van der Waals surface area contributed by atoms with Gasteiger partial charge < -0.3 is 25.2 Å². The van der Waals surface area contributed by atoms with Crippen LogP contribution >= 0.6 is 0 Å². The van der Waals surface area contributed by atoms with Crippen LogP contribution in [0.2, 0.25) is 0 Å². The molecule has 2 aromatic heterocycles. The molecule has 5 aliphatic rings. The third-order valence-electron chi connectivity index (χ3n) is 12.7. The number of rotatable bonds is 13. The molecule has 1 unspecified atom stereocenters. The van der Waals surface area contributed by atoms with Crippen LogP contribution in [0.4, 0.5) is 23.1 Å². The lowest BCUT2D eigenvalue weighted by Crippen LogP contribution is -2.54. The molecule has 0 spiro atoms. The largest absolute Gasteiger partial charge is 0.462 e. The minimum Gasteiger partial charge on any atom is -0.462 e. The van der Waals surface area contributed by atoms with Crippen LogP contribution in [0.1, 0.15) is 102 Å². The van der Waals surface area contributed by atoms with E-state index in [1.165, 1.54) is 19.0 Å². The van der Waals surface area contributed by atoms with Crippen LogP contribution in [0, 0.1) is 5.92 Å². The molecule has 17 heteroatoms. The molecule has 1 atom stereocenters. The van der Waals surface area contributed by atoms with Gasteiger partial charge in [-0.2, -0.15) is 10.1 Å². The summed E-state index contributed by atoms with van der Waals surface area (Å²) < 4.78 is 6.99. The van der Waals surface area contributed by atoms with E-state index in [1.807, 2.05) is 19.3 Å². The Kier molecular flexibility index (Phi) is 12.2. The van der Waals surface area contributed by atoms with E-state index in [0.29, 0.717) is 40.4 Å². The van der Waals surface area contributed by atoms with Gasteiger partial charge in [-0.1, -0.05) is 0 Å². The highest BCUT2D eigenvalue weighted by Crippen LogP contribution is 2.33. The second kappa shape index (κ2) is 17.8. The summed E-state index contributed by atoms with van der Waals surface area (Å²) in [6.07, 6.45) is 14.0. The van der Waals surface area contributed by atoms with E-state index < -0.39 is 29.7 Å². The Balaban J connectivity index is 0.744. The molecule has 4 amide bonds. The maximum atomic E-state index is 13.3. The van der Waals surface area contributed by atoms with Gasteiger partial charge in [0.25, 0.3) is 11.8 Å². The predicted molar refractivity (Wildman–Crippen MR) is 219 cm³/mol. The number of aryl methyl sites for hydroxylation is 1. The Morgan fingerprint density at radius 2 is 1.68 bits per heavy atom. The molecule has 6 heterocycles. The van der Waals surface area contributed by atoms with Crippen molar-refractivity contribution in [2.24, 2.45) is 13.0 Å². The van der Waals surface area contributed by atoms with Crippen molar-refractivity contribution in [1.82, 2.24) is 39.8 Å². The highest BCUT2D eigenvalue weighted by atomic mass is 16.5. The number of hydrogen-bond donors (Lipinski definition) is 3. The van der Waals surface area contributed by atoms with Crippen molar-refractivity contribution in [1.29, 1.82) is 0 Å². The van der Waals surface area contributed by atoms with E-state index in [2.05, 4.69) is 45.7 Å². The van der Waals surface area contributed by atoms with Gasteiger partial charge in [-0.15, -0.1) is 0 Å².